The number of hydrogen-bond donors (Lipinski definition) is 1. The molecule has 2 aromatic rings. The van der Waals surface area contributed by atoms with Crippen LogP contribution in [0.3, 0.4) is 0 Å². The molecule has 0 aliphatic carbocycles. The molecule has 1 heterocycles. The molecule has 0 aliphatic rings. The first kappa shape index (κ1) is 11.2. The molecule has 17 heavy (non-hydrogen) atoms. The zero-order valence-electron chi connectivity index (χ0n) is 9.07. The largest absolute Gasteiger partial charge is 0.463 e. The molecule has 0 fully saturated rings. The lowest BCUT2D eigenvalue weighted by atomic mass is 10.1. The van der Waals surface area contributed by atoms with Crippen molar-refractivity contribution < 1.29 is 18.3 Å². The molecule has 1 aromatic carbocycles. The zero-order chi connectivity index (χ0) is 12.4. The fourth-order valence-corrected chi connectivity index (χ4v) is 1.40. The monoisotopic (exact) mass is 235 g/mol. The van der Waals surface area contributed by atoms with Gasteiger partial charge in [0.15, 0.2) is 0 Å². The van der Waals surface area contributed by atoms with Gasteiger partial charge in [0, 0.05) is 5.56 Å². The van der Waals surface area contributed by atoms with Crippen LogP contribution in [0.25, 0.3) is 11.3 Å². The van der Waals surface area contributed by atoms with Gasteiger partial charge in [-0.25, -0.2) is 9.18 Å². The maximum atomic E-state index is 13.0. The van der Waals surface area contributed by atoms with Crippen molar-refractivity contribution in [2.75, 3.05) is 12.8 Å². The van der Waals surface area contributed by atoms with Crippen molar-refractivity contribution >= 4 is 11.7 Å². The van der Waals surface area contributed by atoms with Crippen molar-refractivity contribution in [3.8, 4) is 11.3 Å². The molecule has 0 amide bonds. The van der Waals surface area contributed by atoms with Gasteiger partial charge in [-0.1, -0.05) is 0 Å². The molecule has 1 aromatic heterocycles. The highest BCUT2D eigenvalue weighted by molar-refractivity contribution is 5.87. The Balaban J connectivity index is 2.37. The molecule has 0 spiro atoms. The first-order valence-electron chi connectivity index (χ1n) is 4.85. The smallest absolute Gasteiger partial charge is 0.373 e. The minimum absolute atomic E-state index is 0.0264. The molecule has 0 unspecified atom stereocenters. The molecule has 2 rings (SSSR count). The number of methoxy groups -OCH3 is 1. The molecular weight excluding hydrogens is 225 g/mol. The van der Waals surface area contributed by atoms with E-state index in [2.05, 4.69) is 4.74 Å². The first-order valence-corrected chi connectivity index (χ1v) is 4.85. The van der Waals surface area contributed by atoms with Crippen LogP contribution >= 0.6 is 0 Å². The number of benzene rings is 1. The SMILES string of the molecule is COC(=O)c1ccc(-c2ccc(F)c(N)c2)o1. The maximum Gasteiger partial charge on any atom is 0.373 e. The Morgan fingerprint density at radius 1 is 1.35 bits per heavy atom. The molecule has 0 aliphatic heterocycles. The molecule has 0 bridgehead atoms. The van der Waals surface area contributed by atoms with Crippen molar-refractivity contribution in [1.29, 1.82) is 0 Å². The Morgan fingerprint density at radius 3 is 2.76 bits per heavy atom. The Bertz CT molecular complexity index is 563. The van der Waals surface area contributed by atoms with E-state index in [1.54, 1.807) is 6.07 Å². The Hall–Kier alpha value is -2.30. The van der Waals surface area contributed by atoms with Crippen molar-refractivity contribution in [3.05, 3.63) is 41.9 Å². The van der Waals surface area contributed by atoms with Crippen LogP contribution in [-0.2, 0) is 4.74 Å². The third kappa shape index (κ3) is 2.13. The summed E-state index contributed by atoms with van der Waals surface area (Å²) in [4.78, 5) is 11.2. The number of carbonyl (C=O) groups is 1. The number of esters is 1. The second kappa shape index (κ2) is 4.29. The van der Waals surface area contributed by atoms with E-state index >= 15 is 0 Å². The average molecular weight is 235 g/mol. The van der Waals surface area contributed by atoms with Crippen LogP contribution in [0.5, 0.6) is 0 Å². The number of nitrogen functional groups attached to an aromatic ring is 1. The predicted molar refractivity (Wildman–Crippen MR) is 59.9 cm³/mol. The van der Waals surface area contributed by atoms with Gasteiger partial charge in [0.1, 0.15) is 11.6 Å². The van der Waals surface area contributed by atoms with Gasteiger partial charge in [0.05, 0.1) is 12.8 Å². The van der Waals surface area contributed by atoms with E-state index in [0.29, 0.717) is 11.3 Å². The van der Waals surface area contributed by atoms with Crippen LogP contribution in [0.15, 0.2) is 34.7 Å². The number of carbonyl (C=O) groups excluding carboxylic acids is 1. The van der Waals surface area contributed by atoms with Crippen LogP contribution in [0.4, 0.5) is 10.1 Å². The molecule has 88 valence electrons. The quantitative estimate of drug-likeness (QED) is 0.641. The molecule has 0 atom stereocenters. The number of hydrogen-bond acceptors (Lipinski definition) is 4. The summed E-state index contributed by atoms with van der Waals surface area (Å²) in [6, 6.07) is 7.28. The van der Waals surface area contributed by atoms with Crippen LogP contribution in [0, 0.1) is 5.82 Å². The summed E-state index contributed by atoms with van der Waals surface area (Å²) in [5.41, 5.74) is 6.07. The molecule has 2 N–H and O–H groups in total. The van der Waals surface area contributed by atoms with Gasteiger partial charge >= 0.3 is 5.97 Å². The summed E-state index contributed by atoms with van der Waals surface area (Å²) in [5, 5.41) is 0. The van der Waals surface area contributed by atoms with Crippen molar-refractivity contribution in [2.24, 2.45) is 0 Å². The normalized spacial score (nSPS) is 10.2. The maximum absolute atomic E-state index is 13.0. The highest BCUT2D eigenvalue weighted by atomic mass is 19.1. The summed E-state index contributed by atoms with van der Waals surface area (Å²) < 4.78 is 22.7. The lowest BCUT2D eigenvalue weighted by Gasteiger charge is -2.00. The highest BCUT2D eigenvalue weighted by Crippen LogP contribution is 2.25. The van der Waals surface area contributed by atoms with Gasteiger partial charge in [-0.15, -0.1) is 0 Å². The number of anilines is 1. The number of rotatable bonds is 2. The second-order valence-corrected chi connectivity index (χ2v) is 3.39. The third-order valence-corrected chi connectivity index (χ3v) is 2.27. The minimum atomic E-state index is -0.564. The van der Waals surface area contributed by atoms with Crippen LogP contribution < -0.4 is 5.73 Å². The van der Waals surface area contributed by atoms with E-state index in [-0.39, 0.29) is 11.4 Å². The Kier molecular flexibility index (Phi) is 2.82. The van der Waals surface area contributed by atoms with E-state index in [1.807, 2.05) is 0 Å². The van der Waals surface area contributed by atoms with Crippen LogP contribution in [0.1, 0.15) is 10.6 Å². The minimum Gasteiger partial charge on any atom is -0.463 e. The number of furan rings is 1. The van der Waals surface area contributed by atoms with Gasteiger partial charge in [-0.05, 0) is 30.3 Å². The van der Waals surface area contributed by atoms with Gasteiger partial charge in [-0.2, -0.15) is 0 Å². The summed E-state index contributed by atoms with van der Waals surface area (Å²) in [7, 11) is 1.26. The lowest BCUT2D eigenvalue weighted by Crippen LogP contribution is -1.98. The topological polar surface area (TPSA) is 65.5 Å². The van der Waals surface area contributed by atoms with Gasteiger partial charge in [0.25, 0.3) is 0 Å². The number of halogens is 1. The summed E-state index contributed by atoms with van der Waals surface area (Å²) in [5.74, 6) is -0.540. The van der Waals surface area contributed by atoms with Crippen LogP contribution in [0.2, 0.25) is 0 Å². The van der Waals surface area contributed by atoms with E-state index in [9.17, 15) is 9.18 Å². The van der Waals surface area contributed by atoms with Crippen molar-refractivity contribution in [1.82, 2.24) is 0 Å². The molecule has 0 saturated heterocycles. The molecule has 5 heteroatoms. The average Bonchev–Trinajstić information content (AvgIpc) is 2.81. The number of ether oxygens (including phenoxy) is 1. The third-order valence-electron chi connectivity index (χ3n) is 2.27. The van der Waals surface area contributed by atoms with Crippen molar-refractivity contribution in [2.45, 2.75) is 0 Å². The first-order chi connectivity index (χ1) is 8.11. The zero-order valence-corrected chi connectivity index (χ0v) is 9.07. The van der Waals surface area contributed by atoms with Gasteiger partial charge < -0.3 is 14.9 Å². The van der Waals surface area contributed by atoms with E-state index in [1.165, 1.54) is 31.4 Å². The fourth-order valence-electron chi connectivity index (χ4n) is 1.40. The van der Waals surface area contributed by atoms with Crippen molar-refractivity contribution in [3.63, 3.8) is 0 Å². The highest BCUT2D eigenvalue weighted by Gasteiger charge is 2.12. The standard InChI is InChI=1S/C12H10FNO3/c1-16-12(15)11-5-4-10(17-11)7-2-3-8(13)9(14)6-7/h2-6H,14H2,1H3. The van der Waals surface area contributed by atoms with E-state index in [4.69, 9.17) is 10.2 Å². The predicted octanol–water partition coefficient (Wildman–Crippen LogP) is 2.45. The molecular formula is C12H10FNO3. The molecule has 4 nitrogen and oxygen atoms in total. The Morgan fingerprint density at radius 2 is 2.12 bits per heavy atom. The number of nitrogens with two attached hydrogens (primary N) is 1. The van der Waals surface area contributed by atoms with E-state index < -0.39 is 11.8 Å². The van der Waals surface area contributed by atoms with Crippen LogP contribution in [-0.4, -0.2) is 13.1 Å². The molecule has 0 saturated carbocycles. The second-order valence-electron chi connectivity index (χ2n) is 3.39. The molecule has 0 radical (unpaired) electrons. The van der Waals surface area contributed by atoms with E-state index in [0.717, 1.165) is 0 Å². The van der Waals surface area contributed by atoms with Gasteiger partial charge in [0.2, 0.25) is 5.76 Å². The summed E-state index contributed by atoms with van der Waals surface area (Å²) >= 11 is 0. The fraction of sp³-hybridized carbons (Fsp3) is 0.0833. The summed E-state index contributed by atoms with van der Waals surface area (Å²) in [6.07, 6.45) is 0. The van der Waals surface area contributed by atoms with Gasteiger partial charge in [-0.3, -0.25) is 0 Å². The Labute approximate surface area is 96.8 Å². The summed E-state index contributed by atoms with van der Waals surface area (Å²) in [6.45, 7) is 0. The lowest BCUT2D eigenvalue weighted by molar-refractivity contribution is 0.0566.